The first kappa shape index (κ1) is 13.2. The minimum atomic E-state index is -0.206. The Labute approximate surface area is 101 Å². The van der Waals surface area contributed by atoms with Gasteiger partial charge in [0, 0.05) is 11.8 Å². The van der Waals surface area contributed by atoms with Crippen LogP contribution >= 0.6 is 11.3 Å². The van der Waals surface area contributed by atoms with Gasteiger partial charge >= 0.3 is 5.97 Å². The van der Waals surface area contributed by atoms with Crippen LogP contribution in [0.2, 0.25) is 0 Å². The van der Waals surface area contributed by atoms with Gasteiger partial charge in [0.2, 0.25) is 0 Å². The molecule has 90 valence electrons. The van der Waals surface area contributed by atoms with Gasteiger partial charge in [-0.3, -0.25) is 4.79 Å². The standard InChI is InChI=1S/C12H19NO2S/c1-5-9(12(14)15-4)10-7-16-11(13-10)6-8(2)3/h7-9H,5-6H2,1-4H3. The highest BCUT2D eigenvalue weighted by atomic mass is 32.1. The van der Waals surface area contributed by atoms with Crippen LogP contribution in [0.3, 0.4) is 0 Å². The zero-order valence-electron chi connectivity index (χ0n) is 10.3. The summed E-state index contributed by atoms with van der Waals surface area (Å²) in [5.41, 5.74) is 0.856. The summed E-state index contributed by atoms with van der Waals surface area (Å²) < 4.78 is 4.77. The van der Waals surface area contributed by atoms with Crippen LogP contribution in [-0.4, -0.2) is 18.1 Å². The third-order valence-electron chi connectivity index (χ3n) is 2.40. The molecule has 1 atom stereocenters. The van der Waals surface area contributed by atoms with E-state index in [9.17, 15) is 4.79 Å². The Kier molecular flexibility index (Phi) is 4.93. The molecule has 0 aliphatic carbocycles. The van der Waals surface area contributed by atoms with Crippen molar-refractivity contribution in [1.29, 1.82) is 0 Å². The van der Waals surface area contributed by atoms with Gasteiger partial charge in [-0.2, -0.15) is 0 Å². The summed E-state index contributed by atoms with van der Waals surface area (Å²) in [6, 6.07) is 0. The maximum absolute atomic E-state index is 11.5. The first-order chi connectivity index (χ1) is 7.58. The maximum Gasteiger partial charge on any atom is 0.314 e. The number of ether oxygens (including phenoxy) is 1. The largest absolute Gasteiger partial charge is 0.469 e. The SMILES string of the molecule is CCC(C(=O)OC)c1csc(CC(C)C)n1. The van der Waals surface area contributed by atoms with Gasteiger partial charge in [-0.25, -0.2) is 4.98 Å². The summed E-state index contributed by atoms with van der Waals surface area (Å²) in [4.78, 5) is 16.0. The van der Waals surface area contributed by atoms with Crippen LogP contribution in [0.1, 0.15) is 43.8 Å². The molecule has 3 nitrogen and oxygen atoms in total. The van der Waals surface area contributed by atoms with E-state index in [1.165, 1.54) is 7.11 Å². The summed E-state index contributed by atoms with van der Waals surface area (Å²) in [6.45, 7) is 6.31. The lowest BCUT2D eigenvalue weighted by atomic mass is 10.0. The van der Waals surface area contributed by atoms with E-state index in [0.29, 0.717) is 5.92 Å². The Hall–Kier alpha value is -0.900. The molecule has 0 aromatic carbocycles. The number of methoxy groups -OCH3 is 1. The summed E-state index contributed by atoms with van der Waals surface area (Å²) in [5.74, 6) is 0.197. The Morgan fingerprint density at radius 3 is 2.75 bits per heavy atom. The number of nitrogens with zero attached hydrogens (tertiary/aromatic N) is 1. The molecule has 1 unspecified atom stereocenters. The molecule has 16 heavy (non-hydrogen) atoms. The van der Waals surface area contributed by atoms with Crippen LogP contribution in [0.25, 0.3) is 0 Å². The van der Waals surface area contributed by atoms with E-state index in [1.54, 1.807) is 11.3 Å². The van der Waals surface area contributed by atoms with Crippen molar-refractivity contribution in [2.45, 2.75) is 39.5 Å². The zero-order valence-corrected chi connectivity index (χ0v) is 11.1. The van der Waals surface area contributed by atoms with Gasteiger partial charge in [0.25, 0.3) is 0 Å². The average molecular weight is 241 g/mol. The molecule has 0 aliphatic heterocycles. The highest BCUT2D eigenvalue weighted by molar-refractivity contribution is 7.09. The normalized spacial score (nSPS) is 12.8. The van der Waals surface area contributed by atoms with Crippen LogP contribution in [0.4, 0.5) is 0 Å². The smallest absolute Gasteiger partial charge is 0.314 e. The molecule has 0 spiro atoms. The second-order valence-corrected chi connectivity index (χ2v) is 5.19. The molecule has 0 saturated heterocycles. The lowest BCUT2D eigenvalue weighted by Crippen LogP contribution is -2.13. The molecule has 0 radical (unpaired) electrons. The summed E-state index contributed by atoms with van der Waals surface area (Å²) in [7, 11) is 1.42. The van der Waals surface area contributed by atoms with Gasteiger partial charge in [-0.05, 0) is 12.3 Å². The number of esters is 1. The molecule has 1 heterocycles. The van der Waals surface area contributed by atoms with Crippen molar-refractivity contribution in [3.8, 4) is 0 Å². The molecule has 1 aromatic rings. The molecule has 1 rings (SSSR count). The lowest BCUT2D eigenvalue weighted by Gasteiger charge is -2.08. The summed E-state index contributed by atoms with van der Waals surface area (Å²) >= 11 is 1.63. The van der Waals surface area contributed by atoms with Crippen LogP contribution < -0.4 is 0 Å². The van der Waals surface area contributed by atoms with E-state index in [2.05, 4.69) is 18.8 Å². The third kappa shape index (κ3) is 3.30. The number of carbonyl (C=O) groups excluding carboxylic acids is 1. The van der Waals surface area contributed by atoms with E-state index >= 15 is 0 Å². The van der Waals surface area contributed by atoms with E-state index in [0.717, 1.165) is 23.5 Å². The molecule has 4 heteroatoms. The fraction of sp³-hybridized carbons (Fsp3) is 0.667. The minimum absolute atomic E-state index is 0.191. The van der Waals surface area contributed by atoms with Crippen LogP contribution in [0, 0.1) is 5.92 Å². The number of carbonyl (C=O) groups is 1. The number of aromatic nitrogens is 1. The molecule has 0 amide bonds. The summed E-state index contributed by atoms with van der Waals surface area (Å²) in [5, 5.41) is 3.08. The van der Waals surface area contributed by atoms with E-state index < -0.39 is 0 Å². The van der Waals surface area contributed by atoms with Crippen molar-refractivity contribution in [3.05, 3.63) is 16.1 Å². The molecule has 0 aliphatic rings. The average Bonchev–Trinajstić information content (AvgIpc) is 2.66. The predicted molar refractivity (Wildman–Crippen MR) is 65.7 cm³/mol. The first-order valence-corrected chi connectivity index (χ1v) is 6.48. The van der Waals surface area contributed by atoms with Crippen molar-refractivity contribution in [1.82, 2.24) is 4.98 Å². The van der Waals surface area contributed by atoms with Gasteiger partial charge in [0.1, 0.15) is 0 Å². The lowest BCUT2D eigenvalue weighted by molar-refractivity contribution is -0.142. The highest BCUT2D eigenvalue weighted by Crippen LogP contribution is 2.24. The van der Waals surface area contributed by atoms with Gasteiger partial charge in [-0.15, -0.1) is 11.3 Å². The van der Waals surface area contributed by atoms with Crippen molar-refractivity contribution >= 4 is 17.3 Å². The fourth-order valence-electron chi connectivity index (χ4n) is 1.57. The minimum Gasteiger partial charge on any atom is -0.469 e. The summed E-state index contributed by atoms with van der Waals surface area (Å²) in [6.07, 6.45) is 1.71. The quantitative estimate of drug-likeness (QED) is 0.744. The van der Waals surface area contributed by atoms with Crippen molar-refractivity contribution < 1.29 is 9.53 Å². The van der Waals surface area contributed by atoms with Gasteiger partial charge in [0.05, 0.1) is 23.7 Å². The number of hydrogen-bond donors (Lipinski definition) is 0. The Morgan fingerprint density at radius 1 is 1.56 bits per heavy atom. The molecule has 1 aromatic heterocycles. The monoisotopic (exact) mass is 241 g/mol. The molecule has 0 saturated carbocycles. The second kappa shape index (κ2) is 5.99. The van der Waals surface area contributed by atoms with Gasteiger partial charge < -0.3 is 4.74 Å². The molecular weight excluding hydrogens is 222 g/mol. The molecular formula is C12H19NO2S. The van der Waals surface area contributed by atoms with Gasteiger partial charge in [-0.1, -0.05) is 20.8 Å². The van der Waals surface area contributed by atoms with Crippen molar-refractivity contribution in [2.24, 2.45) is 5.92 Å². The topological polar surface area (TPSA) is 39.2 Å². The Bertz CT molecular complexity index is 347. The predicted octanol–water partition coefficient (Wildman–Crippen LogP) is 3.01. The zero-order chi connectivity index (χ0) is 12.1. The fourth-order valence-corrected chi connectivity index (χ4v) is 2.63. The molecule has 0 bridgehead atoms. The Morgan fingerprint density at radius 2 is 2.25 bits per heavy atom. The molecule has 0 fully saturated rings. The number of hydrogen-bond acceptors (Lipinski definition) is 4. The number of thiazole rings is 1. The molecule has 0 N–H and O–H groups in total. The second-order valence-electron chi connectivity index (χ2n) is 4.25. The van der Waals surface area contributed by atoms with Crippen LogP contribution in [-0.2, 0) is 16.0 Å². The van der Waals surface area contributed by atoms with E-state index in [1.807, 2.05) is 12.3 Å². The van der Waals surface area contributed by atoms with E-state index in [-0.39, 0.29) is 11.9 Å². The first-order valence-electron chi connectivity index (χ1n) is 5.60. The van der Waals surface area contributed by atoms with Gasteiger partial charge in [0.15, 0.2) is 0 Å². The van der Waals surface area contributed by atoms with Crippen molar-refractivity contribution in [2.75, 3.05) is 7.11 Å². The third-order valence-corrected chi connectivity index (χ3v) is 3.29. The van der Waals surface area contributed by atoms with Crippen LogP contribution in [0.5, 0.6) is 0 Å². The maximum atomic E-state index is 11.5. The Balaban J connectivity index is 2.78. The van der Waals surface area contributed by atoms with Crippen LogP contribution in [0.15, 0.2) is 5.38 Å². The number of rotatable bonds is 5. The highest BCUT2D eigenvalue weighted by Gasteiger charge is 2.22. The van der Waals surface area contributed by atoms with E-state index in [4.69, 9.17) is 4.74 Å². The van der Waals surface area contributed by atoms with Crippen molar-refractivity contribution in [3.63, 3.8) is 0 Å².